The molecular weight excluding hydrogens is 264 g/mol. The largest absolute Gasteiger partial charge is 0.485 e. The lowest BCUT2D eigenvalue weighted by Gasteiger charge is -2.13. The fourth-order valence-corrected chi connectivity index (χ4v) is 2.11. The Hall–Kier alpha value is -1.88. The minimum absolute atomic E-state index is 0.417. The van der Waals surface area contributed by atoms with E-state index < -0.39 is 0 Å². The summed E-state index contributed by atoms with van der Waals surface area (Å²) in [6.07, 6.45) is 0. The van der Waals surface area contributed by atoms with Crippen molar-refractivity contribution in [3.05, 3.63) is 41.0 Å². The van der Waals surface area contributed by atoms with Gasteiger partial charge in [-0.1, -0.05) is 13.8 Å². The van der Waals surface area contributed by atoms with Crippen molar-refractivity contribution in [3.8, 4) is 5.75 Å². The number of ether oxygens (including phenoxy) is 1. The zero-order valence-corrected chi connectivity index (χ0v) is 13.5. The third-order valence-electron chi connectivity index (χ3n) is 3.22. The molecule has 2 rings (SSSR count). The zero-order valence-electron chi connectivity index (χ0n) is 13.5. The summed E-state index contributed by atoms with van der Waals surface area (Å²) in [6, 6.07) is 6.42. The highest BCUT2D eigenvalue weighted by Gasteiger charge is 2.09. The minimum Gasteiger partial charge on any atom is -0.485 e. The number of hydrogen-bond acceptors (Lipinski definition) is 4. The van der Waals surface area contributed by atoms with E-state index in [1.807, 2.05) is 43.8 Å². The van der Waals surface area contributed by atoms with Crippen LogP contribution >= 0.6 is 0 Å². The van der Waals surface area contributed by atoms with E-state index in [1.54, 1.807) is 0 Å². The number of rotatable bonds is 6. The van der Waals surface area contributed by atoms with Crippen molar-refractivity contribution < 1.29 is 4.74 Å². The van der Waals surface area contributed by atoms with Crippen molar-refractivity contribution in [1.82, 2.24) is 20.1 Å². The molecule has 2 aromatic heterocycles. The summed E-state index contributed by atoms with van der Waals surface area (Å²) in [7, 11) is 1.93. The Balaban J connectivity index is 2.09. The number of nitrogens with zero attached hydrogens (tertiary/aromatic N) is 3. The van der Waals surface area contributed by atoms with Crippen LogP contribution < -0.4 is 10.1 Å². The second-order valence-corrected chi connectivity index (χ2v) is 5.62. The predicted molar refractivity (Wildman–Crippen MR) is 83.2 cm³/mol. The molecule has 114 valence electrons. The predicted octanol–water partition coefficient (Wildman–Crippen LogP) is 2.51. The average molecular weight is 288 g/mol. The third kappa shape index (κ3) is 4.29. The first-order valence-electron chi connectivity index (χ1n) is 7.28. The molecule has 0 aromatic carbocycles. The number of hydrogen-bond donors (Lipinski definition) is 1. The van der Waals surface area contributed by atoms with E-state index in [2.05, 4.69) is 29.2 Å². The van der Waals surface area contributed by atoms with Gasteiger partial charge in [0.2, 0.25) is 0 Å². The smallest absolute Gasteiger partial charge is 0.142 e. The molecule has 0 spiro atoms. The molecular formula is C16H24N4O. The van der Waals surface area contributed by atoms with Crippen molar-refractivity contribution in [2.45, 2.75) is 46.9 Å². The lowest BCUT2D eigenvalue weighted by Crippen LogP contribution is -2.23. The molecule has 5 heteroatoms. The molecule has 2 aromatic rings. The van der Waals surface area contributed by atoms with Gasteiger partial charge >= 0.3 is 0 Å². The van der Waals surface area contributed by atoms with E-state index in [1.165, 1.54) is 0 Å². The van der Waals surface area contributed by atoms with Crippen LogP contribution in [0.3, 0.4) is 0 Å². The van der Waals surface area contributed by atoms with Crippen LogP contribution in [0.15, 0.2) is 18.2 Å². The first-order valence-corrected chi connectivity index (χ1v) is 7.28. The molecule has 0 aliphatic heterocycles. The van der Waals surface area contributed by atoms with Crippen LogP contribution in [0, 0.1) is 13.8 Å². The summed E-state index contributed by atoms with van der Waals surface area (Å²) >= 11 is 0. The Morgan fingerprint density at radius 1 is 1.24 bits per heavy atom. The molecule has 1 N–H and O–H groups in total. The molecule has 0 radical (unpaired) electrons. The Kier molecular flexibility index (Phi) is 4.96. The molecule has 0 amide bonds. The van der Waals surface area contributed by atoms with Gasteiger partial charge in [-0.25, -0.2) is 0 Å². The topological polar surface area (TPSA) is 52.0 Å². The van der Waals surface area contributed by atoms with Gasteiger partial charge in [0.15, 0.2) is 0 Å². The normalized spacial score (nSPS) is 11.1. The molecule has 0 aliphatic carbocycles. The van der Waals surface area contributed by atoms with Gasteiger partial charge in [-0.3, -0.25) is 9.67 Å². The Morgan fingerprint density at radius 3 is 2.62 bits per heavy atom. The van der Waals surface area contributed by atoms with E-state index in [0.29, 0.717) is 19.2 Å². The number of nitrogens with one attached hydrogen (secondary N) is 1. The summed E-state index contributed by atoms with van der Waals surface area (Å²) in [5.74, 6) is 0.826. The van der Waals surface area contributed by atoms with Crippen molar-refractivity contribution in [2.24, 2.45) is 7.05 Å². The number of pyridine rings is 1. The van der Waals surface area contributed by atoms with Gasteiger partial charge in [0.1, 0.15) is 12.4 Å². The monoisotopic (exact) mass is 288 g/mol. The molecule has 0 fully saturated rings. The van der Waals surface area contributed by atoms with Gasteiger partial charge in [-0.05, 0) is 32.0 Å². The quantitative estimate of drug-likeness (QED) is 0.887. The van der Waals surface area contributed by atoms with E-state index in [9.17, 15) is 0 Å². The van der Waals surface area contributed by atoms with Gasteiger partial charge < -0.3 is 10.1 Å². The maximum atomic E-state index is 5.94. The standard InChI is InChI=1S/C16H24N4O/c1-11(2)17-9-15-16(7-6-12(3)18-15)21-10-14-8-13(4)19-20(14)5/h6-8,11,17H,9-10H2,1-5H3. The highest BCUT2D eigenvalue weighted by Crippen LogP contribution is 2.18. The van der Waals surface area contributed by atoms with Crippen LogP contribution in [0.1, 0.15) is 36.6 Å². The molecule has 0 unspecified atom stereocenters. The molecule has 0 aliphatic rings. The molecule has 0 saturated carbocycles. The molecule has 0 saturated heterocycles. The lowest BCUT2D eigenvalue weighted by molar-refractivity contribution is 0.289. The zero-order chi connectivity index (χ0) is 15.4. The Morgan fingerprint density at radius 2 is 2.00 bits per heavy atom. The van der Waals surface area contributed by atoms with Crippen LogP contribution in [0.4, 0.5) is 0 Å². The first kappa shape index (κ1) is 15.5. The van der Waals surface area contributed by atoms with Gasteiger partial charge in [0.05, 0.1) is 17.1 Å². The first-order chi connectivity index (χ1) is 9.95. The summed E-state index contributed by atoms with van der Waals surface area (Å²) in [5.41, 5.74) is 4.00. The van der Waals surface area contributed by atoms with Crippen molar-refractivity contribution in [2.75, 3.05) is 0 Å². The van der Waals surface area contributed by atoms with Crippen molar-refractivity contribution in [1.29, 1.82) is 0 Å². The fraction of sp³-hybridized carbons (Fsp3) is 0.500. The summed E-state index contributed by atoms with van der Waals surface area (Å²) in [5, 5.41) is 7.71. The van der Waals surface area contributed by atoms with Crippen LogP contribution in [-0.4, -0.2) is 20.8 Å². The van der Waals surface area contributed by atoms with E-state index in [-0.39, 0.29) is 0 Å². The second-order valence-electron chi connectivity index (χ2n) is 5.62. The molecule has 0 atom stereocenters. The van der Waals surface area contributed by atoms with E-state index >= 15 is 0 Å². The minimum atomic E-state index is 0.417. The van der Waals surface area contributed by atoms with E-state index in [0.717, 1.165) is 28.5 Å². The lowest BCUT2D eigenvalue weighted by atomic mass is 10.2. The van der Waals surface area contributed by atoms with Crippen molar-refractivity contribution in [3.63, 3.8) is 0 Å². The SMILES string of the molecule is Cc1ccc(OCc2cc(C)nn2C)c(CNC(C)C)n1. The fourth-order valence-electron chi connectivity index (χ4n) is 2.11. The van der Waals surface area contributed by atoms with Gasteiger partial charge in [0.25, 0.3) is 0 Å². The summed E-state index contributed by atoms with van der Waals surface area (Å²) < 4.78 is 7.79. The number of aromatic nitrogens is 3. The van der Waals surface area contributed by atoms with Crippen LogP contribution in [0.5, 0.6) is 5.75 Å². The maximum Gasteiger partial charge on any atom is 0.142 e. The van der Waals surface area contributed by atoms with Gasteiger partial charge in [0, 0.05) is 25.3 Å². The molecule has 2 heterocycles. The van der Waals surface area contributed by atoms with Gasteiger partial charge in [-0.2, -0.15) is 5.10 Å². The van der Waals surface area contributed by atoms with Crippen LogP contribution in [-0.2, 0) is 20.2 Å². The summed E-state index contributed by atoms with van der Waals surface area (Å²) in [4.78, 5) is 4.58. The van der Waals surface area contributed by atoms with Gasteiger partial charge in [-0.15, -0.1) is 0 Å². The molecule has 5 nitrogen and oxygen atoms in total. The van der Waals surface area contributed by atoms with Crippen LogP contribution in [0.25, 0.3) is 0 Å². The Bertz CT molecular complexity index is 604. The highest BCUT2D eigenvalue weighted by molar-refractivity contribution is 5.29. The van der Waals surface area contributed by atoms with Crippen LogP contribution in [0.2, 0.25) is 0 Å². The van der Waals surface area contributed by atoms with Crippen molar-refractivity contribution >= 4 is 0 Å². The molecule has 0 bridgehead atoms. The van der Waals surface area contributed by atoms with E-state index in [4.69, 9.17) is 4.74 Å². The Labute approximate surface area is 126 Å². The summed E-state index contributed by atoms with van der Waals surface area (Å²) in [6.45, 7) is 9.42. The number of aryl methyl sites for hydroxylation is 3. The maximum absolute atomic E-state index is 5.94. The highest BCUT2D eigenvalue weighted by atomic mass is 16.5. The second kappa shape index (κ2) is 6.72. The third-order valence-corrected chi connectivity index (χ3v) is 3.22. The average Bonchev–Trinajstić information content (AvgIpc) is 2.73. The molecule has 21 heavy (non-hydrogen) atoms.